The highest BCUT2D eigenvalue weighted by Crippen LogP contribution is 2.38. The van der Waals surface area contributed by atoms with Crippen molar-refractivity contribution in [1.82, 2.24) is 0 Å². The first-order chi connectivity index (χ1) is 10.0. The van der Waals surface area contributed by atoms with Crippen LogP contribution in [0.25, 0.3) is 6.08 Å². The largest absolute Gasteiger partial charge is 0.270 e. The van der Waals surface area contributed by atoms with Gasteiger partial charge in [0.05, 0.1) is 10.6 Å². The summed E-state index contributed by atoms with van der Waals surface area (Å²) in [7, 11) is 0. The van der Waals surface area contributed by atoms with E-state index in [0.717, 1.165) is 4.88 Å². The molecule has 7 heteroatoms. The van der Waals surface area contributed by atoms with E-state index in [-0.39, 0.29) is 5.91 Å². The lowest BCUT2D eigenvalue weighted by Crippen LogP contribution is -2.27. The summed E-state index contributed by atoms with van der Waals surface area (Å²) < 4.78 is 0.473. The molecule has 21 heavy (non-hydrogen) atoms. The fraction of sp³-hybridized carbons (Fsp3) is 0. The molecule has 1 aromatic heterocycles. The smallest absolute Gasteiger partial charge is 0.268 e. The fourth-order valence-electron chi connectivity index (χ4n) is 1.86. The molecule has 1 amide bonds. The second-order valence-electron chi connectivity index (χ2n) is 4.16. The first-order valence-corrected chi connectivity index (χ1v) is 8.68. The standard InChI is InChI=1S/C14H7Cl2NOS3/c15-8-4-9(16)6-10(5-8)17-13(18)12(21-14(17)19)7-11-2-1-3-20-11/h1-7H/b12-7-. The quantitative estimate of drug-likeness (QED) is 0.516. The topological polar surface area (TPSA) is 20.3 Å². The number of rotatable bonds is 2. The Morgan fingerprint density at radius 3 is 2.52 bits per heavy atom. The van der Waals surface area contributed by atoms with Crippen LogP contribution in [0, 0.1) is 0 Å². The lowest BCUT2D eigenvalue weighted by atomic mass is 10.3. The first kappa shape index (κ1) is 15.1. The number of thioether (sulfide) groups is 1. The normalized spacial score (nSPS) is 17.0. The van der Waals surface area contributed by atoms with Crippen LogP contribution >= 0.6 is 58.5 Å². The molecule has 1 aromatic carbocycles. The molecule has 0 bridgehead atoms. The summed E-state index contributed by atoms with van der Waals surface area (Å²) in [6.07, 6.45) is 1.84. The third-order valence-electron chi connectivity index (χ3n) is 2.72. The zero-order chi connectivity index (χ0) is 15.0. The van der Waals surface area contributed by atoms with Crippen LogP contribution in [0.15, 0.2) is 40.6 Å². The average molecular weight is 372 g/mol. The molecule has 0 aliphatic carbocycles. The Labute approximate surface area is 145 Å². The number of amides is 1. The van der Waals surface area contributed by atoms with E-state index in [1.54, 1.807) is 29.5 Å². The van der Waals surface area contributed by atoms with E-state index in [9.17, 15) is 4.79 Å². The number of hydrogen-bond donors (Lipinski definition) is 0. The van der Waals surface area contributed by atoms with Crippen LogP contribution in [0.2, 0.25) is 10.0 Å². The van der Waals surface area contributed by atoms with Crippen molar-refractivity contribution < 1.29 is 4.79 Å². The van der Waals surface area contributed by atoms with E-state index < -0.39 is 0 Å². The van der Waals surface area contributed by atoms with E-state index >= 15 is 0 Å². The van der Waals surface area contributed by atoms with Gasteiger partial charge in [-0.05, 0) is 35.7 Å². The van der Waals surface area contributed by atoms with Crippen LogP contribution in [-0.2, 0) is 4.79 Å². The van der Waals surface area contributed by atoms with Gasteiger partial charge in [-0.25, -0.2) is 0 Å². The maximum Gasteiger partial charge on any atom is 0.270 e. The summed E-state index contributed by atoms with van der Waals surface area (Å²) in [5, 5.41) is 2.89. The Morgan fingerprint density at radius 1 is 1.19 bits per heavy atom. The molecule has 0 saturated carbocycles. The van der Waals surface area contributed by atoms with Gasteiger partial charge in [-0.1, -0.05) is 53.2 Å². The van der Waals surface area contributed by atoms with Crippen molar-refractivity contribution in [1.29, 1.82) is 0 Å². The Balaban J connectivity index is 1.97. The van der Waals surface area contributed by atoms with Crippen LogP contribution in [0.1, 0.15) is 4.88 Å². The average Bonchev–Trinajstić information content (AvgIpc) is 2.98. The predicted molar refractivity (Wildman–Crippen MR) is 96.4 cm³/mol. The summed E-state index contributed by atoms with van der Waals surface area (Å²) >= 11 is 20.1. The first-order valence-electron chi connectivity index (χ1n) is 5.82. The van der Waals surface area contributed by atoms with Gasteiger partial charge in [-0.15, -0.1) is 11.3 Å². The number of benzene rings is 1. The molecular formula is C14H7Cl2NOS3. The summed E-state index contributed by atoms with van der Waals surface area (Å²) in [5.74, 6) is -0.156. The molecule has 1 saturated heterocycles. The van der Waals surface area contributed by atoms with Gasteiger partial charge in [-0.3, -0.25) is 9.69 Å². The van der Waals surface area contributed by atoms with Crippen molar-refractivity contribution in [2.45, 2.75) is 0 Å². The lowest BCUT2D eigenvalue weighted by molar-refractivity contribution is -0.113. The Bertz CT molecular complexity index is 735. The number of carbonyl (C=O) groups is 1. The van der Waals surface area contributed by atoms with Crippen LogP contribution < -0.4 is 4.90 Å². The molecule has 0 atom stereocenters. The number of nitrogens with zero attached hydrogens (tertiary/aromatic N) is 1. The van der Waals surface area contributed by atoms with Gasteiger partial charge in [0.15, 0.2) is 4.32 Å². The molecule has 0 N–H and O–H groups in total. The van der Waals surface area contributed by atoms with Crippen molar-refractivity contribution in [2.75, 3.05) is 4.90 Å². The number of thiophene rings is 1. The SMILES string of the molecule is O=C1/C(=C/c2cccs2)SC(=S)N1c1cc(Cl)cc(Cl)c1. The third kappa shape index (κ3) is 3.17. The van der Waals surface area contributed by atoms with Crippen molar-refractivity contribution >= 4 is 80.5 Å². The molecule has 2 aromatic rings. The summed E-state index contributed by atoms with van der Waals surface area (Å²) in [6.45, 7) is 0. The number of halogens is 2. The minimum absolute atomic E-state index is 0.156. The fourth-order valence-corrected chi connectivity index (χ4v) is 4.40. The molecule has 0 spiro atoms. The molecule has 106 valence electrons. The molecule has 1 fully saturated rings. The van der Waals surface area contributed by atoms with Crippen molar-refractivity contribution in [3.63, 3.8) is 0 Å². The molecule has 0 radical (unpaired) electrons. The lowest BCUT2D eigenvalue weighted by Gasteiger charge is -2.15. The summed E-state index contributed by atoms with van der Waals surface area (Å²) in [4.78, 5) is 15.6. The maximum absolute atomic E-state index is 12.5. The predicted octanol–water partition coefficient (Wildman–Crippen LogP) is 5.46. The molecule has 2 heterocycles. The zero-order valence-corrected chi connectivity index (χ0v) is 14.3. The minimum Gasteiger partial charge on any atom is -0.268 e. The zero-order valence-electron chi connectivity index (χ0n) is 10.4. The van der Waals surface area contributed by atoms with Gasteiger partial charge in [-0.2, -0.15) is 0 Å². The molecule has 1 aliphatic heterocycles. The Kier molecular flexibility index (Phi) is 4.38. The van der Waals surface area contributed by atoms with E-state index in [2.05, 4.69) is 0 Å². The number of thiocarbonyl (C=S) groups is 1. The van der Waals surface area contributed by atoms with Gasteiger partial charge in [0.1, 0.15) is 0 Å². The van der Waals surface area contributed by atoms with Gasteiger partial charge in [0, 0.05) is 14.9 Å². The summed E-state index contributed by atoms with van der Waals surface area (Å²) in [6, 6.07) is 8.85. The van der Waals surface area contributed by atoms with Crippen LogP contribution in [0.5, 0.6) is 0 Å². The highest BCUT2D eigenvalue weighted by Gasteiger charge is 2.33. The van der Waals surface area contributed by atoms with E-state index in [1.807, 2.05) is 23.6 Å². The Morgan fingerprint density at radius 2 is 1.90 bits per heavy atom. The van der Waals surface area contributed by atoms with Crippen molar-refractivity contribution in [3.05, 3.63) is 55.5 Å². The second kappa shape index (κ2) is 6.10. The molecule has 0 unspecified atom stereocenters. The number of anilines is 1. The second-order valence-corrected chi connectivity index (χ2v) is 7.69. The Hall–Kier alpha value is -0.850. The van der Waals surface area contributed by atoms with Gasteiger partial charge >= 0.3 is 0 Å². The third-order valence-corrected chi connectivity index (χ3v) is 5.27. The van der Waals surface area contributed by atoms with Crippen LogP contribution in [0.4, 0.5) is 5.69 Å². The summed E-state index contributed by atoms with van der Waals surface area (Å²) in [5.41, 5.74) is 0.588. The molecule has 1 aliphatic rings. The monoisotopic (exact) mass is 371 g/mol. The molecule has 3 rings (SSSR count). The highest BCUT2D eigenvalue weighted by molar-refractivity contribution is 8.27. The number of hydrogen-bond acceptors (Lipinski definition) is 4. The van der Waals surface area contributed by atoms with Crippen LogP contribution in [-0.4, -0.2) is 10.2 Å². The van der Waals surface area contributed by atoms with Crippen molar-refractivity contribution in [2.24, 2.45) is 0 Å². The van der Waals surface area contributed by atoms with Crippen molar-refractivity contribution in [3.8, 4) is 0 Å². The van der Waals surface area contributed by atoms with E-state index in [4.69, 9.17) is 35.4 Å². The highest BCUT2D eigenvalue weighted by atomic mass is 35.5. The molecular weight excluding hydrogens is 365 g/mol. The minimum atomic E-state index is -0.156. The van der Waals surface area contributed by atoms with E-state index in [0.29, 0.717) is 25.0 Å². The maximum atomic E-state index is 12.5. The van der Waals surface area contributed by atoms with Gasteiger partial charge < -0.3 is 0 Å². The molecule has 2 nitrogen and oxygen atoms in total. The van der Waals surface area contributed by atoms with E-state index in [1.165, 1.54) is 16.7 Å². The van der Waals surface area contributed by atoms with Crippen LogP contribution in [0.3, 0.4) is 0 Å². The van der Waals surface area contributed by atoms with Gasteiger partial charge in [0.25, 0.3) is 5.91 Å². The van der Waals surface area contributed by atoms with Gasteiger partial charge in [0.2, 0.25) is 0 Å². The number of carbonyl (C=O) groups excluding carboxylic acids is 1.